The molecule has 6 heteroatoms. The normalized spacial score (nSPS) is 14.7. The van der Waals surface area contributed by atoms with Gasteiger partial charge in [0.1, 0.15) is 12.2 Å². The Morgan fingerprint density at radius 2 is 0.857 bits per heavy atom. The van der Waals surface area contributed by atoms with Gasteiger partial charge in [-0.3, -0.25) is 4.79 Å². The van der Waals surface area contributed by atoms with Gasteiger partial charge in [-0.25, -0.2) is 0 Å². The molecular formula is C43H81NO5. The second kappa shape index (κ2) is 37.8. The van der Waals surface area contributed by atoms with Crippen molar-refractivity contribution in [3.63, 3.8) is 0 Å². The number of hydrogen-bond donors (Lipinski definition) is 5. The van der Waals surface area contributed by atoms with Gasteiger partial charge in [0, 0.05) is 0 Å². The molecule has 4 atom stereocenters. The molecule has 6 nitrogen and oxygen atoms in total. The molecular weight excluding hydrogens is 610 g/mol. The lowest BCUT2D eigenvalue weighted by molar-refractivity contribution is -0.132. The number of hydrogen-bond acceptors (Lipinski definition) is 5. The van der Waals surface area contributed by atoms with Gasteiger partial charge in [0.05, 0.1) is 18.8 Å². The lowest BCUT2D eigenvalue weighted by Crippen LogP contribution is -2.53. The fourth-order valence-corrected chi connectivity index (χ4v) is 6.18. The third kappa shape index (κ3) is 32.2. The zero-order valence-corrected chi connectivity index (χ0v) is 32.2. The number of aliphatic hydroxyl groups is 4. The Kier molecular flexibility index (Phi) is 36.6. The Morgan fingerprint density at radius 1 is 0.490 bits per heavy atom. The van der Waals surface area contributed by atoms with E-state index in [-0.39, 0.29) is 0 Å². The van der Waals surface area contributed by atoms with Crippen LogP contribution in [0.15, 0.2) is 36.5 Å². The van der Waals surface area contributed by atoms with E-state index in [1.165, 1.54) is 122 Å². The number of carbonyl (C=O) groups excluding carboxylic acids is 1. The number of amides is 1. The van der Waals surface area contributed by atoms with E-state index in [1.807, 2.05) is 0 Å². The van der Waals surface area contributed by atoms with E-state index in [0.29, 0.717) is 25.7 Å². The molecule has 0 radical (unpaired) electrons. The molecule has 0 aromatic rings. The lowest BCUT2D eigenvalue weighted by Gasteiger charge is -2.27. The minimum atomic E-state index is -1.29. The first-order valence-electron chi connectivity index (χ1n) is 20.9. The minimum Gasteiger partial charge on any atom is -0.394 e. The van der Waals surface area contributed by atoms with Crippen LogP contribution in [0.5, 0.6) is 0 Å². The van der Waals surface area contributed by atoms with Gasteiger partial charge in [0.25, 0.3) is 0 Å². The van der Waals surface area contributed by atoms with Gasteiger partial charge in [0.15, 0.2) is 0 Å². The summed E-state index contributed by atoms with van der Waals surface area (Å²) in [7, 11) is 0. The minimum absolute atomic E-state index is 0.329. The van der Waals surface area contributed by atoms with Gasteiger partial charge in [0.2, 0.25) is 5.91 Å². The molecule has 0 bridgehead atoms. The van der Waals surface area contributed by atoms with Gasteiger partial charge < -0.3 is 25.7 Å². The lowest BCUT2D eigenvalue weighted by atomic mass is 10.00. The molecule has 0 aromatic heterocycles. The first-order chi connectivity index (χ1) is 24.0. The number of carbonyl (C=O) groups is 1. The van der Waals surface area contributed by atoms with Crippen LogP contribution in [-0.2, 0) is 4.79 Å². The summed E-state index contributed by atoms with van der Waals surface area (Å²) in [5.41, 5.74) is 0. The Bertz CT molecular complexity index is 782. The summed E-state index contributed by atoms with van der Waals surface area (Å²) in [5.74, 6) is -0.616. The second-order valence-corrected chi connectivity index (χ2v) is 14.3. The van der Waals surface area contributed by atoms with Gasteiger partial charge >= 0.3 is 0 Å². The van der Waals surface area contributed by atoms with Crippen molar-refractivity contribution in [3.05, 3.63) is 36.5 Å². The zero-order valence-electron chi connectivity index (χ0n) is 32.2. The molecule has 0 heterocycles. The summed E-state index contributed by atoms with van der Waals surface area (Å²) in [4.78, 5) is 12.4. The smallest absolute Gasteiger partial charge is 0.249 e. The molecule has 4 unspecified atom stereocenters. The molecule has 0 saturated heterocycles. The predicted molar refractivity (Wildman–Crippen MR) is 210 cm³/mol. The van der Waals surface area contributed by atoms with Crippen LogP contribution in [0.3, 0.4) is 0 Å². The van der Waals surface area contributed by atoms with Crippen LogP contribution in [0.4, 0.5) is 0 Å². The predicted octanol–water partition coefficient (Wildman–Crippen LogP) is 10.6. The molecule has 0 aliphatic heterocycles. The van der Waals surface area contributed by atoms with Crippen LogP contribution >= 0.6 is 0 Å². The highest BCUT2D eigenvalue weighted by molar-refractivity contribution is 5.80. The summed E-state index contributed by atoms with van der Waals surface area (Å²) < 4.78 is 0. The van der Waals surface area contributed by atoms with Gasteiger partial charge in [-0.15, -0.1) is 0 Å². The quantitative estimate of drug-likeness (QED) is 0.0329. The Morgan fingerprint density at radius 3 is 1.29 bits per heavy atom. The van der Waals surface area contributed by atoms with Crippen molar-refractivity contribution in [2.45, 2.75) is 224 Å². The zero-order chi connectivity index (χ0) is 36.0. The highest BCUT2D eigenvalue weighted by Gasteiger charge is 2.28. The molecule has 49 heavy (non-hydrogen) atoms. The van der Waals surface area contributed by atoms with E-state index in [1.54, 1.807) is 0 Å². The highest BCUT2D eigenvalue weighted by Crippen LogP contribution is 2.14. The van der Waals surface area contributed by atoms with Crippen molar-refractivity contribution >= 4 is 5.91 Å². The third-order valence-electron chi connectivity index (χ3n) is 9.55. The number of nitrogens with one attached hydrogen (secondary N) is 1. The molecule has 0 saturated carbocycles. The molecule has 0 spiro atoms. The average molecular weight is 692 g/mol. The van der Waals surface area contributed by atoms with E-state index < -0.39 is 36.9 Å². The fourth-order valence-electron chi connectivity index (χ4n) is 6.18. The van der Waals surface area contributed by atoms with Crippen molar-refractivity contribution in [2.24, 2.45) is 0 Å². The van der Waals surface area contributed by atoms with E-state index in [9.17, 15) is 25.2 Å². The van der Waals surface area contributed by atoms with Crippen molar-refractivity contribution in [1.29, 1.82) is 0 Å². The molecule has 0 aromatic carbocycles. The molecule has 288 valence electrons. The van der Waals surface area contributed by atoms with Crippen LogP contribution in [0.1, 0.15) is 200 Å². The Labute approximate surface area is 303 Å². The van der Waals surface area contributed by atoms with Gasteiger partial charge in [-0.05, 0) is 77.0 Å². The molecule has 1 amide bonds. The molecule has 0 aliphatic rings. The van der Waals surface area contributed by atoms with E-state index in [4.69, 9.17) is 0 Å². The third-order valence-corrected chi connectivity index (χ3v) is 9.55. The first-order valence-corrected chi connectivity index (χ1v) is 20.9. The number of unbranched alkanes of at least 4 members (excludes halogenated alkanes) is 22. The number of aliphatic hydroxyl groups excluding tert-OH is 4. The summed E-state index contributed by atoms with van der Waals surface area (Å²) >= 11 is 0. The van der Waals surface area contributed by atoms with Gasteiger partial charge in [-0.2, -0.15) is 0 Å². The SMILES string of the molecule is CCCCCCCC/C=C\CCCCC(O)C(=O)NC(CO)C(O)C(O)CCC/C=C/CC/C=C/CCCCCCCCCCCCCC. The monoisotopic (exact) mass is 692 g/mol. The summed E-state index contributed by atoms with van der Waals surface area (Å²) in [6.07, 6.45) is 43.2. The average Bonchev–Trinajstić information content (AvgIpc) is 3.11. The standard InChI is InChI=1S/C43H81NO5/c1-3-5-7-9-11-13-15-17-18-19-20-21-22-23-24-25-27-28-30-32-34-36-40(46)42(48)39(38-45)44-43(49)41(47)37-35-33-31-29-26-16-14-12-10-8-6-4-2/h23-24,26,28-30,39-42,45-48H,3-22,25,27,31-38H2,1-2H3,(H,44,49)/b24-23+,29-26-,30-28+. The van der Waals surface area contributed by atoms with E-state index in [0.717, 1.165) is 38.5 Å². The molecule has 5 N–H and O–H groups in total. The van der Waals surface area contributed by atoms with Gasteiger partial charge in [-0.1, -0.05) is 159 Å². The maximum absolute atomic E-state index is 12.4. The maximum Gasteiger partial charge on any atom is 0.249 e. The van der Waals surface area contributed by atoms with E-state index >= 15 is 0 Å². The van der Waals surface area contributed by atoms with Crippen LogP contribution in [0, 0.1) is 0 Å². The Balaban J connectivity index is 3.84. The summed E-state index contributed by atoms with van der Waals surface area (Å²) in [6, 6.07) is -1.01. The largest absolute Gasteiger partial charge is 0.394 e. The van der Waals surface area contributed by atoms with Crippen molar-refractivity contribution < 1.29 is 25.2 Å². The maximum atomic E-state index is 12.4. The van der Waals surface area contributed by atoms with Crippen molar-refractivity contribution in [2.75, 3.05) is 6.61 Å². The summed E-state index contributed by atoms with van der Waals surface area (Å²) in [5, 5.41) is 43.5. The molecule has 0 rings (SSSR count). The molecule has 0 aliphatic carbocycles. The van der Waals surface area contributed by atoms with E-state index in [2.05, 4.69) is 55.6 Å². The topological polar surface area (TPSA) is 110 Å². The van der Waals surface area contributed by atoms with Crippen LogP contribution in [0.2, 0.25) is 0 Å². The van der Waals surface area contributed by atoms with Crippen LogP contribution in [0.25, 0.3) is 0 Å². The number of rotatable bonds is 37. The fraction of sp³-hybridized carbons (Fsp3) is 0.837. The van der Waals surface area contributed by atoms with Crippen molar-refractivity contribution in [3.8, 4) is 0 Å². The Hall–Kier alpha value is -1.47. The second-order valence-electron chi connectivity index (χ2n) is 14.3. The number of allylic oxidation sites excluding steroid dienone is 6. The highest BCUT2D eigenvalue weighted by atomic mass is 16.3. The van der Waals surface area contributed by atoms with Crippen LogP contribution in [-0.4, -0.2) is 57.3 Å². The summed E-state index contributed by atoms with van der Waals surface area (Å²) in [6.45, 7) is 4.00. The van der Waals surface area contributed by atoms with Crippen LogP contribution < -0.4 is 5.32 Å². The first kappa shape index (κ1) is 47.5. The molecule has 0 fully saturated rings. The van der Waals surface area contributed by atoms with Crippen molar-refractivity contribution in [1.82, 2.24) is 5.32 Å².